The Morgan fingerprint density at radius 2 is 2.00 bits per heavy atom. The molecule has 2 aromatic heterocycles. The normalized spacial score (nSPS) is 19.9. The molecule has 1 fully saturated rings. The van der Waals surface area contributed by atoms with Crippen LogP contribution in [0.25, 0.3) is 11.4 Å². The number of aryl methyl sites for hydroxylation is 1. The number of carbonyl (C=O) groups is 2. The van der Waals surface area contributed by atoms with Gasteiger partial charge in [-0.15, -0.1) is 10.2 Å². The quantitative estimate of drug-likeness (QED) is 0.829. The molecular weight excluding hydrogens is 336 g/mol. The first-order chi connectivity index (χ1) is 12.4. The Morgan fingerprint density at radius 3 is 2.65 bits per heavy atom. The molecule has 0 unspecified atom stereocenters. The van der Waals surface area contributed by atoms with Gasteiger partial charge in [0.25, 0.3) is 0 Å². The highest BCUT2D eigenvalue weighted by Crippen LogP contribution is 2.25. The van der Waals surface area contributed by atoms with Crippen LogP contribution in [0.3, 0.4) is 0 Å². The molecule has 2 N–H and O–H groups in total. The number of carboxylic acids is 1. The van der Waals surface area contributed by atoms with Crippen LogP contribution in [0.5, 0.6) is 0 Å². The minimum Gasteiger partial charge on any atom is -0.477 e. The molecule has 0 saturated heterocycles. The van der Waals surface area contributed by atoms with Crippen molar-refractivity contribution >= 4 is 11.9 Å². The summed E-state index contributed by atoms with van der Waals surface area (Å²) >= 11 is 0. The van der Waals surface area contributed by atoms with Crippen molar-refractivity contribution in [1.82, 2.24) is 30.5 Å². The first kappa shape index (κ1) is 18.0. The molecule has 0 spiro atoms. The maximum Gasteiger partial charge on any atom is 0.354 e. The van der Waals surface area contributed by atoms with Crippen molar-refractivity contribution < 1.29 is 14.7 Å². The number of hydrogen-bond donors (Lipinski definition) is 2. The molecule has 138 valence electrons. The van der Waals surface area contributed by atoms with Gasteiger partial charge in [0.2, 0.25) is 11.7 Å². The summed E-state index contributed by atoms with van der Waals surface area (Å²) in [5, 5.41) is 24.6. The van der Waals surface area contributed by atoms with Gasteiger partial charge in [-0.25, -0.2) is 9.78 Å². The average Bonchev–Trinajstić information content (AvgIpc) is 3.04. The molecule has 1 saturated carbocycles. The highest BCUT2D eigenvalue weighted by atomic mass is 16.4. The van der Waals surface area contributed by atoms with Gasteiger partial charge in [-0.3, -0.25) is 4.79 Å². The number of aromatic nitrogens is 5. The van der Waals surface area contributed by atoms with Gasteiger partial charge in [-0.2, -0.15) is 4.80 Å². The molecule has 1 amide bonds. The van der Waals surface area contributed by atoms with Crippen LogP contribution in [0, 0.1) is 12.8 Å². The van der Waals surface area contributed by atoms with E-state index in [0.717, 1.165) is 25.7 Å². The van der Waals surface area contributed by atoms with Gasteiger partial charge in [0, 0.05) is 24.2 Å². The molecule has 1 aliphatic carbocycles. The van der Waals surface area contributed by atoms with E-state index in [2.05, 4.69) is 25.7 Å². The van der Waals surface area contributed by atoms with Crippen molar-refractivity contribution in [2.24, 2.45) is 5.92 Å². The molecule has 1 aliphatic rings. The van der Waals surface area contributed by atoms with Crippen LogP contribution in [-0.2, 0) is 11.3 Å². The third-order valence-electron chi connectivity index (χ3n) is 4.56. The first-order valence-electron chi connectivity index (χ1n) is 8.68. The van der Waals surface area contributed by atoms with E-state index in [9.17, 15) is 9.59 Å². The zero-order valence-corrected chi connectivity index (χ0v) is 14.8. The van der Waals surface area contributed by atoms with Crippen molar-refractivity contribution in [2.75, 3.05) is 0 Å². The van der Waals surface area contributed by atoms with Gasteiger partial charge < -0.3 is 10.4 Å². The molecule has 26 heavy (non-hydrogen) atoms. The summed E-state index contributed by atoms with van der Waals surface area (Å²) in [6, 6.07) is 3.46. The molecule has 2 heterocycles. The maximum atomic E-state index is 11.1. The summed E-state index contributed by atoms with van der Waals surface area (Å²) in [7, 11) is 0. The Morgan fingerprint density at radius 1 is 1.27 bits per heavy atom. The summed E-state index contributed by atoms with van der Waals surface area (Å²) in [4.78, 5) is 27.8. The second-order valence-electron chi connectivity index (χ2n) is 6.77. The van der Waals surface area contributed by atoms with Gasteiger partial charge in [0.1, 0.15) is 5.69 Å². The van der Waals surface area contributed by atoms with Crippen molar-refractivity contribution in [3.8, 4) is 11.4 Å². The molecule has 0 radical (unpaired) electrons. The number of rotatable bonds is 5. The third kappa shape index (κ3) is 4.41. The molecule has 0 aliphatic heterocycles. The predicted molar refractivity (Wildman–Crippen MR) is 92.3 cm³/mol. The van der Waals surface area contributed by atoms with Crippen molar-refractivity contribution in [1.29, 1.82) is 0 Å². The molecule has 0 aromatic carbocycles. The van der Waals surface area contributed by atoms with E-state index in [-0.39, 0.29) is 17.6 Å². The first-order valence-corrected chi connectivity index (χ1v) is 8.68. The minimum absolute atomic E-state index is 0.0180. The van der Waals surface area contributed by atoms with Gasteiger partial charge in [-0.05, 0) is 55.9 Å². The predicted octanol–water partition coefficient (Wildman–Crippen LogP) is 1.44. The lowest BCUT2D eigenvalue weighted by molar-refractivity contribution is -0.119. The van der Waals surface area contributed by atoms with Crippen molar-refractivity contribution in [3.05, 3.63) is 23.5 Å². The number of nitrogens with one attached hydrogen (secondary N) is 1. The fraction of sp³-hybridized carbons (Fsp3) is 0.529. The third-order valence-corrected chi connectivity index (χ3v) is 4.56. The van der Waals surface area contributed by atoms with E-state index in [1.807, 2.05) is 0 Å². The van der Waals surface area contributed by atoms with Gasteiger partial charge in [0.15, 0.2) is 0 Å². The largest absolute Gasteiger partial charge is 0.477 e. The topological polar surface area (TPSA) is 123 Å². The molecule has 9 nitrogen and oxygen atoms in total. The van der Waals surface area contributed by atoms with Crippen LogP contribution < -0.4 is 5.32 Å². The fourth-order valence-electron chi connectivity index (χ4n) is 3.35. The standard InChI is InChI=1S/C17H22N6O3/c1-10-7-13(8-15(18-10)17(25)26)16-20-22-23(21-16)9-12-3-5-14(6-4-12)19-11(2)24/h7-8,12,14H,3-6,9H2,1-2H3,(H,19,24)(H,25,26). The smallest absolute Gasteiger partial charge is 0.354 e. The lowest BCUT2D eigenvalue weighted by Gasteiger charge is -2.28. The maximum absolute atomic E-state index is 11.1. The van der Waals surface area contributed by atoms with Gasteiger partial charge in [0.05, 0.1) is 6.54 Å². The molecular formula is C17H22N6O3. The number of tetrazole rings is 1. The molecule has 9 heteroatoms. The lowest BCUT2D eigenvalue weighted by atomic mass is 9.86. The van der Waals surface area contributed by atoms with Crippen molar-refractivity contribution in [3.63, 3.8) is 0 Å². The van der Waals surface area contributed by atoms with Crippen molar-refractivity contribution in [2.45, 2.75) is 52.1 Å². The van der Waals surface area contributed by atoms with E-state index in [1.54, 1.807) is 24.7 Å². The fourth-order valence-corrected chi connectivity index (χ4v) is 3.35. The Kier molecular flexibility index (Phi) is 5.24. The van der Waals surface area contributed by atoms with E-state index >= 15 is 0 Å². The zero-order valence-electron chi connectivity index (χ0n) is 14.8. The van der Waals surface area contributed by atoms with Gasteiger partial charge in [-0.1, -0.05) is 0 Å². The number of aromatic carboxylic acids is 1. The number of carboxylic acid groups (broad SMARTS) is 1. The number of nitrogens with zero attached hydrogens (tertiary/aromatic N) is 5. The number of carbonyl (C=O) groups excluding carboxylic acids is 1. The van der Waals surface area contributed by atoms with Crippen LogP contribution in [0.1, 0.15) is 48.8 Å². The van der Waals surface area contributed by atoms with E-state index in [1.165, 1.54) is 6.07 Å². The second-order valence-corrected chi connectivity index (χ2v) is 6.77. The molecule has 3 rings (SSSR count). The summed E-state index contributed by atoms with van der Waals surface area (Å²) < 4.78 is 0. The zero-order chi connectivity index (χ0) is 18.7. The lowest BCUT2D eigenvalue weighted by Crippen LogP contribution is -2.36. The highest BCUT2D eigenvalue weighted by molar-refractivity contribution is 5.86. The van der Waals surface area contributed by atoms with Crippen LogP contribution in [0.4, 0.5) is 0 Å². The minimum atomic E-state index is -1.08. The highest BCUT2D eigenvalue weighted by Gasteiger charge is 2.23. The average molecular weight is 358 g/mol. The Bertz CT molecular complexity index is 811. The summed E-state index contributed by atoms with van der Waals surface area (Å²) in [5.74, 6) is -0.233. The SMILES string of the molecule is CC(=O)NC1CCC(Cn2nnc(-c3cc(C)nc(C(=O)O)c3)n2)CC1. The molecule has 0 atom stereocenters. The Labute approximate surface area is 150 Å². The van der Waals surface area contributed by atoms with Crippen LogP contribution in [-0.4, -0.2) is 48.2 Å². The Hall–Kier alpha value is -2.84. The summed E-state index contributed by atoms with van der Waals surface area (Å²) in [6.45, 7) is 3.94. The number of pyridine rings is 1. The summed E-state index contributed by atoms with van der Waals surface area (Å²) in [5.41, 5.74) is 1.15. The molecule has 0 bridgehead atoms. The monoisotopic (exact) mass is 358 g/mol. The van der Waals surface area contributed by atoms with Gasteiger partial charge >= 0.3 is 5.97 Å². The van der Waals surface area contributed by atoms with Crippen LogP contribution in [0.2, 0.25) is 0 Å². The van der Waals surface area contributed by atoms with E-state index < -0.39 is 5.97 Å². The van der Waals surface area contributed by atoms with E-state index in [4.69, 9.17) is 5.11 Å². The summed E-state index contributed by atoms with van der Waals surface area (Å²) in [6.07, 6.45) is 3.91. The van der Waals surface area contributed by atoms with E-state index in [0.29, 0.717) is 29.5 Å². The second kappa shape index (κ2) is 7.59. The Balaban J connectivity index is 1.64. The molecule has 2 aromatic rings. The number of amides is 1. The number of hydrogen-bond acceptors (Lipinski definition) is 6. The van der Waals surface area contributed by atoms with Crippen LogP contribution in [0.15, 0.2) is 12.1 Å². The van der Waals surface area contributed by atoms with Crippen LogP contribution >= 0.6 is 0 Å².